The number of nitrogens with one attached hydrogen (secondary N) is 2. The summed E-state index contributed by atoms with van der Waals surface area (Å²) >= 11 is 1.68. The van der Waals surface area contributed by atoms with Gasteiger partial charge < -0.3 is 10.6 Å². The normalized spacial score (nSPS) is 12.0. The molecule has 0 saturated carbocycles. The van der Waals surface area contributed by atoms with Gasteiger partial charge in [-0.25, -0.2) is 9.37 Å². The molecular weight excluding hydrogens is 451 g/mol. The Morgan fingerprint density at radius 2 is 1.62 bits per heavy atom. The highest BCUT2D eigenvalue weighted by atomic mass is 32.1. The molecule has 6 nitrogen and oxygen atoms in total. The third kappa shape index (κ3) is 6.03. The molecule has 1 atom stereocenters. The van der Waals surface area contributed by atoms with Crippen molar-refractivity contribution in [1.82, 2.24) is 9.88 Å². The maximum Gasteiger partial charge on any atom is 0.241 e. The van der Waals surface area contributed by atoms with Crippen LogP contribution in [0.2, 0.25) is 0 Å². The number of likely N-dealkylation sites (N-methyl/N-ethyl adjacent to an activating group) is 1. The van der Waals surface area contributed by atoms with E-state index in [1.807, 2.05) is 42.5 Å². The third-order valence-electron chi connectivity index (χ3n) is 5.48. The molecule has 2 N–H and O–H groups in total. The lowest BCUT2D eigenvalue weighted by molar-refractivity contribution is -0.122. The molecule has 0 aliphatic rings. The Bertz CT molecular complexity index is 1260. The lowest BCUT2D eigenvalue weighted by atomic mass is 10.1. The number of anilines is 2. The predicted octanol–water partition coefficient (Wildman–Crippen LogP) is 4.92. The Hall–Kier alpha value is -3.62. The fourth-order valence-electron chi connectivity index (χ4n) is 3.42. The Labute approximate surface area is 201 Å². The second-order valence-corrected chi connectivity index (χ2v) is 9.20. The van der Waals surface area contributed by atoms with Crippen molar-refractivity contribution in [1.29, 1.82) is 0 Å². The topological polar surface area (TPSA) is 74.3 Å². The molecule has 0 saturated heterocycles. The zero-order valence-electron chi connectivity index (χ0n) is 18.9. The summed E-state index contributed by atoms with van der Waals surface area (Å²) in [6.07, 6.45) is 0.732. The molecule has 174 valence electrons. The number of carbonyl (C=O) groups is 2. The van der Waals surface area contributed by atoms with Crippen molar-refractivity contribution >= 4 is 44.7 Å². The average molecular weight is 477 g/mol. The third-order valence-corrected chi connectivity index (χ3v) is 6.51. The Morgan fingerprint density at radius 1 is 0.971 bits per heavy atom. The van der Waals surface area contributed by atoms with E-state index in [1.165, 1.54) is 29.0 Å². The van der Waals surface area contributed by atoms with Gasteiger partial charge in [0.15, 0.2) is 0 Å². The number of fused-ring (bicyclic) bond motifs is 1. The van der Waals surface area contributed by atoms with Crippen LogP contribution in [0, 0.1) is 5.82 Å². The van der Waals surface area contributed by atoms with Crippen LogP contribution in [0.25, 0.3) is 10.2 Å². The van der Waals surface area contributed by atoms with Gasteiger partial charge in [0.05, 0.1) is 27.8 Å². The quantitative estimate of drug-likeness (QED) is 0.378. The number of halogens is 1. The van der Waals surface area contributed by atoms with Crippen LogP contribution in [0.15, 0.2) is 72.8 Å². The number of rotatable bonds is 8. The first-order valence-corrected chi connectivity index (χ1v) is 11.7. The van der Waals surface area contributed by atoms with Gasteiger partial charge in [-0.05, 0) is 68.1 Å². The van der Waals surface area contributed by atoms with E-state index in [0.717, 1.165) is 22.5 Å². The van der Waals surface area contributed by atoms with E-state index in [0.29, 0.717) is 11.4 Å². The molecule has 0 spiro atoms. The maximum absolute atomic E-state index is 13.0. The summed E-state index contributed by atoms with van der Waals surface area (Å²) in [6.45, 7) is 1.76. The Kier molecular flexibility index (Phi) is 7.30. The largest absolute Gasteiger partial charge is 0.325 e. The second-order valence-electron chi connectivity index (χ2n) is 8.08. The number of para-hydroxylation sites is 1. The molecule has 1 aromatic heterocycles. The molecule has 34 heavy (non-hydrogen) atoms. The first-order valence-electron chi connectivity index (χ1n) is 10.9. The summed E-state index contributed by atoms with van der Waals surface area (Å²) < 4.78 is 14.2. The van der Waals surface area contributed by atoms with Gasteiger partial charge in [-0.2, -0.15) is 0 Å². The minimum atomic E-state index is -0.526. The summed E-state index contributed by atoms with van der Waals surface area (Å²) in [6, 6.07) is 20.8. The van der Waals surface area contributed by atoms with Gasteiger partial charge >= 0.3 is 0 Å². The highest BCUT2D eigenvalue weighted by molar-refractivity contribution is 7.18. The zero-order valence-corrected chi connectivity index (χ0v) is 19.7. The standard InChI is InChI=1S/C26H25FN4O2S/c1-17(31(2)16-24(32)28-20-13-9-19(27)10-14-20)26(33)29-21-11-7-18(8-12-21)15-25-30-22-5-3-4-6-23(22)34-25/h3-14,17H,15-16H2,1-2H3,(H,28,32)(H,29,33)/t17-/m1/s1. The second kappa shape index (κ2) is 10.5. The summed E-state index contributed by atoms with van der Waals surface area (Å²) in [4.78, 5) is 31.2. The van der Waals surface area contributed by atoms with Crippen molar-refractivity contribution in [2.24, 2.45) is 0 Å². The first-order chi connectivity index (χ1) is 16.4. The van der Waals surface area contributed by atoms with Gasteiger partial charge in [0.1, 0.15) is 5.82 Å². The van der Waals surface area contributed by atoms with Gasteiger partial charge in [0.2, 0.25) is 11.8 Å². The molecule has 0 radical (unpaired) electrons. The maximum atomic E-state index is 13.0. The van der Waals surface area contributed by atoms with E-state index >= 15 is 0 Å². The highest BCUT2D eigenvalue weighted by Crippen LogP contribution is 2.24. The van der Waals surface area contributed by atoms with Crippen LogP contribution >= 0.6 is 11.3 Å². The summed E-state index contributed by atoms with van der Waals surface area (Å²) in [7, 11) is 1.70. The number of amides is 2. The smallest absolute Gasteiger partial charge is 0.241 e. The number of nitrogens with zero attached hydrogens (tertiary/aromatic N) is 2. The Balaban J connectivity index is 1.28. The molecule has 0 unspecified atom stereocenters. The monoisotopic (exact) mass is 476 g/mol. The molecular formula is C26H25FN4O2S. The van der Waals surface area contributed by atoms with Gasteiger partial charge in [-0.3, -0.25) is 14.5 Å². The average Bonchev–Trinajstić information content (AvgIpc) is 3.23. The molecule has 2 amide bonds. The fourth-order valence-corrected chi connectivity index (χ4v) is 4.42. The van der Waals surface area contributed by atoms with Crippen molar-refractivity contribution in [3.63, 3.8) is 0 Å². The summed E-state index contributed by atoms with van der Waals surface area (Å²) in [5.74, 6) is -0.867. The molecule has 3 aromatic carbocycles. The van der Waals surface area contributed by atoms with E-state index in [9.17, 15) is 14.0 Å². The number of benzene rings is 3. The Morgan fingerprint density at radius 3 is 2.32 bits per heavy atom. The number of aromatic nitrogens is 1. The molecule has 4 aromatic rings. The van der Waals surface area contributed by atoms with E-state index in [1.54, 1.807) is 30.2 Å². The fraction of sp³-hybridized carbons (Fsp3) is 0.192. The van der Waals surface area contributed by atoms with E-state index < -0.39 is 6.04 Å². The molecule has 8 heteroatoms. The molecule has 0 bridgehead atoms. The summed E-state index contributed by atoms with van der Waals surface area (Å²) in [5.41, 5.74) is 3.31. The molecule has 0 fully saturated rings. The first kappa shape index (κ1) is 23.5. The van der Waals surface area contributed by atoms with Crippen molar-refractivity contribution < 1.29 is 14.0 Å². The number of thiazole rings is 1. The molecule has 4 rings (SSSR count). The van der Waals surface area contributed by atoms with Crippen LogP contribution in [-0.4, -0.2) is 41.3 Å². The van der Waals surface area contributed by atoms with Crippen molar-refractivity contribution in [3.05, 3.63) is 89.2 Å². The molecule has 0 aliphatic carbocycles. The van der Waals surface area contributed by atoms with Gasteiger partial charge in [-0.15, -0.1) is 11.3 Å². The molecule has 0 aliphatic heterocycles. The van der Waals surface area contributed by atoms with Crippen LogP contribution in [0.5, 0.6) is 0 Å². The predicted molar refractivity (Wildman–Crippen MR) is 135 cm³/mol. The van der Waals surface area contributed by atoms with Crippen LogP contribution in [0.1, 0.15) is 17.5 Å². The van der Waals surface area contributed by atoms with Gasteiger partial charge in [-0.1, -0.05) is 24.3 Å². The lowest BCUT2D eigenvalue weighted by Crippen LogP contribution is -2.43. The minimum absolute atomic E-state index is 0.0209. The van der Waals surface area contributed by atoms with Crippen molar-refractivity contribution in [2.45, 2.75) is 19.4 Å². The van der Waals surface area contributed by atoms with Crippen molar-refractivity contribution in [2.75, 3.05) is 24.2 Å². The van der Waals surface area contributed by atoms with Gasteiger partial charge in [0, 0.05) is 17.8 Å². The number of hydrogen-bond donors (Lipinski definition) is 2. The zero-order chi connectivity index (χ0) is 24.1. The summed E-state index contributed by atoms with van der Waals surface area (Å²) in [5, 5.41) is 6.64. The van der Waals surface area contributed by atoms with Crippen LogP contribution in [0.4, 0.5) is 15.8 Å². The lowest BCUT2D eigenvalue weighted by Gasteiger charge is -2.23. The minimum Gasteiger partial charge on any atom is -0.325 e. The van der Waals surface area contributed by atoms with E-state index in [4.69, 9.17) is 0 Å². The van der Waals surface area contributed by atoms with Gasteiger partial charge in [0.25, 0.3) is 0 Å². The van der Waals surface area contributed by atoms with E-state index in [2.05, 4.69) is 21.7 Å². The SMILES string of the molecule is C[C@H](C(=O)Nc1ccc(Cc2nc3ccccc3s2)cc1)N(C)CC(=O)Nc1ccc(F)cc1. The van der Waals surface area contributed by atoms with E-state index in [-0.39, 0.29) is 24.2 Å². The highest BCUT2D eigenvalue weighted by Gasteiger charge is 2.20. The van der Waals surface area contributed by atoms with Crippen LogP contribution in [0.3, 0.4) is 0 Å². The number of carbonyl (C=O) groups excluding carboxylic acids is 2. The van der Waals surface area contributed by atoms with Crippen LogP contribution < -0.4 is 10.6 Å². The van der Waals surface area contributed by atoms with Crippen molar-refractivity contribution in [3.8, 4) is 0 Å². The number of hydrogen-bond acceptors (Lipinski definition) is 5. The molecule has 1 heterocycles. The van der Waals surface area contributed by atoms with Crippen LogP contribution in [-0.2, 0) is 16.0 Å².